The predicted molar refractivity (Wildman–Crippen MR) is 78.2 cm³/mol. The molecule has 0 aliphatic carbocycles. The molecule has 3 aromatic rings. The molecule has 0 saturated heterocycles. The molecule has 0 aliphatic heterocycles. The van der Waals surface area contributed by atoms with E-state index in [9.17, 15) is 0 Å². The van der Waals surface area contributed by atoms with Crippen molar-refractivity contribution < 1.29 is 0 Å². The smallest absolute Gasteiger partial charge is 0.182 e. The van der Waals surface area contributed by atoms with Gasteiger partial charge in [0.25, 0.3) is 0 Å². The van der Waals surface area contributed by atoms with Crippen molar-refractivity contribution in [1.29, 1.82) is 0 Å². The summed E-state index contributed by atoms with van der Waals surface area (Å²) in [6.07, 6.45) is 0. The molecule has 90 valence electrons. The van der Waals surface area contributed by atoms with Gasteiger partial charge in [0.2, 0.25) is 0 Å². The molecule has 2 nitrogen and oxygen atoms in total. The highest BCUT2D eigenvalue weighted by Gasteiger charge is 2.09. The average molecular weight is 275 g/mol. The SMILES string of the molecule is Cc1ccc(-n2c(=S)[nH]c3cccc(Cl)c32)cc1. The van der Waals surface area contributed by atoms with Gasteiger partial charge in [0, 0.05) is 5.69 Å². The van der Waals surface area contributed by atoms with Crippen molar-refractivity contribution in [2.75, 3.05) is 0 Å². The second-order valence-electron chi connectivity index (χ2n) is 4.24. The lowest BCUT2D eigenvalue weighted by molar-refractivity contribution is 1.06. The number of nitrogens with zero attached hydrogens (tertiary/aromatic N) is 1. The monoisotopic (exact) mass is 274 g/mol. The van der Waals surface area contributed by atoms with Crippen LogP contribution in [0.2, 0.25) is 5.02 Å². The number of aromatic amines is 1. The van der Waals surface area contributed by atoms with E-state index in [0.717, 1.165) is 16.7 Å². The van der Waals surface area contributed by atoms with Gasteiger partial charge in [-0.15, -0.1) is 0 Å². The summed E-state index contributed by atoms with van der Waals surface area (Å²) in [6.45, 7) is 2.06. The lowest BCUT2D eigenvalue weighted by Crippen LogP contribution is -1.94. The average Bonchev–Trinajstić information content (AvgIpc) is 2.68. The van der Waals surface area contributed by atoms with Crippen LogP contribution in [0.4, 0.5) is 0 Å². The van der Waals surface area contributed by atoms with Gasteiger partial charge in [-0.25, -0.2) is 0 Å². The summed E-state index contributed by atoms with van der Waals surface area (Å²) < 4.78 is 2.62. The molecule has 2 aromatic carbocycles. The fourth-order valence-corrected chi connectivity index (χ4v) is 2.62. The molecule has 1 aromatic heterocycles. The summed E-state index contributed by atoms with van der Waals surface area (Å²) in [5.74, 6) is 0. The summed E-state index contributed by atoms with van der Waals surface area (Å²) >= 11 is 11.6. The zero-order chi connectivity index (χ0) is 12.7. The Hall–Kier alpha value is -1.58. The number of hydrogen-bond acceptors (Lipinski definition) is 1. The largest absolute Gasteiger partial charge is 0.330 e. The normalized spacial score (nSPS) is 11.0. The lowest BCUT2D eigenvalue weighted by atomic mass is 10.2. The number of benzene rings is 2. The Morgan fingerprint density at radius 2 is 1.83 bits per heavy atom. The standard InChI is InChI=1S/C14H11ClN2S/c1-9-5-7-10(8-6-9)17-13-11(15)3-2-4-12(13)16-14(17)18/h2-8H,1H3,(H,16,18). The van der Waals surface area contributed by atoms with Gasteiger partial charge < -0.3 is 4.98 Å². The van der Waals surface area contributed by atoms with Gasteiger partial charge in [0.1, 0.15) is 0 Å². The van der Waals surface area contributed by atoms with Crippen molar-refractivity contribution in [2.45, 2.75) is 6.92 Å². The Labute approximate surface area is 115 Å². The van der Waals surface area contributed by atoms with Crippen LogP contribution in [0, 0.1) is 11.7 Å². The van der Waals surface area contributed by atoms with E-state index in [2.05, 4.69) is 24.0 Å². The maximum absolute atomic E-state index is 6.27. The number of halogens is 1. The predicted octanol–water partition coefficient (Wildman–Crippen LogP) is 4.65. The number of aromatic nitrogens is 2. The Balaban J connectivity index is 2.38. The van der Waals surface area contributed by atoms with Gasteiger partial charge in [-0.3, -0.25) is 4.57 Å². The van der Waals surface area contributed by atoms with Crippen molar-refractivity contribution in [3.8, 4) is 5.69 Å². The lowest BCUT2D eigenvalue weighted by Gasteiger charge is -2.06. The van der Waals surface area contributed by atoms with E-state index in [1.807, 2.05) is 34.9 Å². The zero-order valence-electron chi connectivity index (χ0n) is 9.77. The van der Waals surface area contributed by atoms with Crippen molar-refractivity contribution in [3.63, 3.8) is 0 Å². The molecule has 0 fully saturated rings. The van der Waals surface area contributed by atoms with E-state index >= 15 is 0 Å². The van der Waals surface area contributed by atoms with Crippen LogP contribution in [0.1, 0.15) is 5.56 Å². The Morgan fingerprint density at radius 3 is 2.56 bits per heavy atom. The van der Waals surface area contributed by atoms with Gasteiger partial charge in [0.15, 0.2) is 4.77 Å². The minimum Gasteiger partial charge on any atom is -0.330 e. The Kier molecular flexibility index (Phi) is 2.73. The number of fused-ring (bicyclic) bond motifs is 1. The van der Waals surface area contributed by atoms with Gasteiger partial charge in [-0.05, 0) is 43.4 Å². The second kappa shape index (κ2) is 4.26. The van der Waals surface area contributed by atoms with Gasteiger partial charge >= 0.3 is 0 Å². The summed E-state index contributed by atoms with van der Waals surface area (Å²) in [7, 11) is 0. The van der Waals surface area contributed by atoms with E-state index in [1.54, 1.807) is 0 Å². The molecule has 0 unspecified atom stereocenters. The number of para-hydroxylation sites is 1. The van der Waals surface area contributed by atoms with Crippen LogP contribution in [0.15, 0.2) is 42.5 Å². The number of H-pyrrole nitrogens is 1. The summed E-state index contributed by atoms with van der Waals surface area (Å²) in [4.78, 5) is 3.17. The van der Waals surface area contributed by atoms with Crippen molar-refractivity contribution >= 4 is 34.9 Å². The van der Waals surface area contributed by atoms with Crippen LogP contribution in [0.3, 0.4) is 0 Å². The topological polar surface area (TPSA) is 20.7 Å². The molecular weight excluding hydrogens is 264 g/mol. The third kappa shape index (κ3) is 1.76. The van der Waals surface area contributed by atoms with Crippen LogP contribution < -0.4 is 0 Å². The van der Waals surface area contributed by atoms with E-state index in [4.69, 9.17) is 23.8 Å². The second-order valence-corrected chi connectivity index (χ2v) is 5.03. The minimum atomic E-state index is 0.655. The first kappa shape index (κ1) is 11.5. The minimum absolute atomic E-state index is 0.655. The molecular formula is C14H11ClN2S. The van der Waals surface area contributed by atoms with E-state index in [1.165, 1.54) is 5.56 Å². The highest BCUT2D eigenvalue weighted by atomic mass is 35.5. The summed E-state index contributed by atoms with van der Waals surface area (Å²) in [5, 5.41) is 0.695. The van der Waals surface area contributed by atoms with E-state index < -0.39 is 0 Å². The van der Waals surface area contributed by atoms with Crippen molar-refractivity contribution in [1.82, 2.24) is 9.55 Å². The third-order valence-corrected chi connectivity index (χ3v) is 3.54. The highest BCUT2D eigenvalue weighted by Crippen LogP contribution is 2.26. The van der Waals surface area contributed by atoms with Crippen LogP contribution in [-0.4, -0.2) is 9.55 Å². The molecule has 1 N–H and O–H groups in total. The fourth-order valence-electron chi connectivity index (χ4n) is 2.06. The molecule has 0 bridgehead atoms. The molecule has 3 rings (SSSR count). The quantitative estimate of drug-likeness (QED) is 0.641. The number of aryl methyl sites for hydroxylation is 1. The highest BCUT2D eigenvalue weighted by molar-refractivity contribution is 7.71. The molecule has 0 amide bonds. The molecule has 0 aliphatic rings. The number of hydrogen-bond donors (Lipinski definition) is 1. The number of imidazole rings is 1. The van der Waals surface area contributed by atoms with Gasteiger partial charge in [-0.1, -0.05) is 35.4 Å². The molecule has 0 saturated carbocycles. The number of rotatable bonds is 1. The molecule has 1 heterocycles. The Bertz CT molecular complexity index is 769. The molecule has 0 atom stereocenters. The zero-order valence-corrected chi connectivity index (χ0v) is 11.3. The van der Waals surface area contributed by atoms with Crippen LogP contribution >= 0.6 is 23.8 Å². The summed E-state index contributed by atoms with van der Waals surface area (Å²) in [6, 6.07) is 14.0. The molecule has 0 radical (unpaired) electrons. The van der Waals surface area contributed by atoms with E-state index in [0.29, 0.717) is 9.79 Å². The third-order valence-electron chi connectivity index (χ3n) is 2.95. The van der Waals surface area contributed by atoms with Gasteiger partial charge in [-0.2, -0.15) is 0 Å². The Morgan fingerprint density at radius 1 is 1.11 bits per heavy atom. The van der Waals surface area contributed by atoms with E-state index in [-0.39, 0.29) is 0 Å². The molecule has 4 heteroatoms. The van der Waals surface area contributed by atoms with Crippen LogP contribution in [0.5, 0.6) is 0 Å². The first-order chi connectivity index (χ1) is 8.66. The van der Waals surface area contributed by atoms with Crippen LogP contribution in [-0.2, 0) is 0 Å². The first-order valence-electron chi connectivity index (χ1n) is 5.63. The maximum Gasteiger partial charge on any atom is 0.182 e. The molecule has 0 spiro atoms. The van der Waals surface area contributed by atoms with Gasteiger partial charge in [0.05, 0.1) is 16.1 Å². The first-order valence-corrected chi connectivity index (χ1v) is 6.42. The number of nitrogens with one attached hydrogen (secondary N) is 1. The van der Waals surface area contributed by atoms with Crippen LogP contribution in [0.25, 0.3) is 16.7 Å². The summed E-state index contributed by atoms with van der Waals surface area (Å²) in [5.41, 5.74) is 4.11. The van der Waals surface area contributed by atoms with Crippen molar-refractivity contribution in [3.05, 3.63) is 57.8 Å². The van der Waals surface area contributed by atoms with Crippen molar-refractivity contribution in [2.24, 2.45) is 0 Å². The molecule has 18 heavy (non-hydrogen) atoms. The fraction of sp³-hybridized carbons (Fsp3) is 0.0714. The maximum atomic E-state index is 6.27.